The van der Waals surface area contributed by atoms with E-state index in [-0.39, 0.29) is 0 Å². The second kappa shape index (κ2) is 6.42. The molecule has 112 valence electrons. The monoisotopic (exact) mass is 348 g/mol. The van der Waals surface area contributed by atoms with Gasteiger partial charge in [0.05, 0.1) is 15.6 Å². The molecule has 0 N–H and O–H groups in total. The molecule has 1 aromatic heterocycles. The molecule has 22 heavy (non-hydrogen) atoms. The normalized spacial score (nSPS) is 14.5. The van der Waals surface area contributed by atoms with E-state index in [9.17, 15) is 5.26 Å². The van der Waals surface area contributed by atoms with Gasteiger partial charge in [-0.3, -0.25) is 0 Å². The molecule has 0 bridgehead atoms. The van der Waals surface area contributed by atoms with Crippen molar-refractivity contribution in [3.63, 3.8) is 0 Å². The van der Waals surface area contributed by atoms with Crippen LogP contribution in [-0.2, 0) is 12.8 Å². The van der Waals surface area contributed by atoms with Crippen LogP contribution in [0.15, 0.2) is 23.2 Å². The summed E-state index contributed by atoms with van der Waals surface area (Å²) in [4.78, 5) is 6.01. The second-order valence-corrected chi connectivity index (χ2v) is 7.23. The molecule has 1 heterocycles. The zero-order chi connectivity index (χ0) is 15.7. The molecule has 0 amide bonds. The lowest BCUT2D eigenvalue weighted by Gasteiger charge is -2.09. The van der Waals surface area contributed by atoms with Crippen LogP contribution in [0.3, 0.4) is 0 Å². The number of fused-ring (bicyclic) bond motifs is 1. The van der Waals surface area contributed by atoms with E-state index in [1.807, 2.05) is 19.1 Å². The Morgan fingerprint density at radius 3 is 2.73 bits per heavy atom. The first-order valence-electron chi connectivity index (χ1n) is 7.15. The van der Waals surface area contributed by atoms with Crippen LogP contribution in [0.5, 0.6) is 0 Å². The molecule has 2 aromatic rings. The average Bonchev–Trinajstić information content (AvgIpc) is 2.86. The maximum Gasteiger partial charge on any atom is 0.134 e. The van der Waals surface area contributed by atoms with Crippen molar-refractivity contribution in [2.75, 3.05) is 0 Å². The molecule has 0 atom stereocenters. The maximum atomic E-state index is 9.48. The molecule has 0 spiro atoms. The largest absolute Gasteiger partial charge is 0.241 e. The van der Waals surface area contributed by atoms with Gasteiger partial charge in [-0.25, -0.2) is 4.99 Å². The van der Waals surface area contributed by atoms with Crippen molar-refractivity contribution < 1.29 is 0 Å². The first kappa shape index (κ1) is 15.6. The third-order valence-corrected chi connectivity index (χ3v) is 5.80. The summed E-state index contributed by atoms with van der Waals surface area (Å²) in [6.07, 6.45) is 4.42. The summed E-state index contributed by atoms with van der Waals surface area (Å²) >= 11 is 13.7. The molecule has 1 aliphatic rings. The van der Waals surface area contributed by atoms with Crippen LogP contribution in [0, 0.1) is 11.3 Å². The lowest BCUT2D eigenvalue weighted by atomic mass is 9.96. The first-order chi connectivity index (χ1) is 10.6. The summed E-state index contributed by atoms with van der Waals surface area (Å²) < 4.78 is 0. The number of benzene rings is 1. The first-order valence-corrected chi connectivity index (χ1v) is 8.72. The van der Waals surface area contributed by atoms with Crippen LogP contribution >= 0.6 is 34.5 Å². The van der Waals surface area contributed by atoms with Gasteiger partial charge in [0, 0.05) is 10.6 Å². The van der Waals surface area contributed by atoms with Gasteiger partial charge in [0.2, 0.25) is 0 Å². The molecule has 3 rings (SSSR count). The predicted molar refractivity (Wildman–Crippen MR) is 94.0 cm³/mol. The molecule has 5 heteroatoms. The number of nitrogens with zero attached hydrogens (tertiary/aromatic N) is 2. The van der Waals surface area contributed by atoms with Crippen LogP contribution < -0.4 is 0 Å². The van der Waals surface area contributed by atoms with Crippen LogP contribution in [-0.4, -0.2) is 5.71 Å². The van der Waals surface area contributed by atoms with Gasteiger partial charge in [-0.2, -0.15) is 5.26 Å². The molecule has 0 radical (unpaired) electrons. The van der Waals surface area contributed by atoms with Crippen molar-refractivity contribution in [3.8, 4) is 6.07 Å². The standard InChI is InChI=1S/C17H14Cl2N2S/c1-10(11-6-7-14(18)15(19)8-11)21-17-13(9-20)12-4-2-3-5-16(12)22-17/h6-8H,2-5H2,1H3. The van der Waals surface area contributed by atoms with E-state index < -0.39 is 0 Å². The summed E-state index contributed by atoms with van der Waals surface area (Å²) in [5.74, 6) is 0. The van der Waals surface area contributed by atoms with Gasteiger partial charge in [-0.05, 0) is 55.9 Å². The summed E-state index contributed by atoms with van der Waals surface area (Å²) in [5.41, 5.74) is 3.72. The number of aliphatic imine (C=N–C) groups is 1. The quantitative estimate of drug-likeness (QED) is 0.618. The Labute approximate surface area is 144 Å². The third kappa shape index (κ3) is 2.92. The minimum Gasteiger partial charge on any atom is -0.241 e. The number of thiophene rings is 1. The van der Waals surface area contributed by atoms with Gasteiger partial charge < -0.3 is 0 Å². The molecule has 2 nitrogen and oxygen atoms in total. The molecule has 0 fully saturated rings. The van der Waals surface area contributed by atoms with E-state index in [0.29, 0.717) is 10.0 Å². The number of nitriles is 1. The zero-order valence-electron chi connectivity index (χ0n) is 12.1. The Kier molecular flexibility index (Phi) is 4.54. The summed E-state index contributed by atoms with van der Waals surface area (Å²) in [7, 11) is 0. The Bertz CT molecular complexity index is 800. The number of halogens is 2. The van der Waals surface area contributed by atoms with E-state index in [1.165, 1.54) is 16.9 Å². The molecular formula is C17H14Cl2N2S. The SMILES string of the molecule is CC(=Nc1sc2c(c1C#N)CCCC2)c1ccc(Cl)c(Cl)c1. The Morgan fingerprint density at radius 2 is 2.00 bits per heavy atom. The van der Waals surface area contributed by atoms with Gasteiger partial charge in [0.15, 0.2) is 0 Å². The van der Waals surface area contributed by atoms with Crippen LogP contribution in [0.1, 0.15) is 41.3 Å². The molecule has 0 saturated carbocycles. The maximum absolute atomic E-state index is 9.48. The minimum atomic E-state index is 0.514. The second-order valence-electron chi connectivity index (χ2n) is 5.33. The number of aryl methyl sites for hydroxylation is 1. The van der Waals surface area contributed by atoms with Gasteiger partial charge in [0.25, 0.3) is 0 Å². The predicted octanol–water partition coefficient (Wildman–Crippen LogP) is 5.95. The average molecular weight is 349 g/mol. The zero-order valence-corrected chi connectivity index (χ0v) is 14.4. The van der Waals surface area contributed by atoms with E-state index in [2.05, 4.69) is 11.1 Å². The molecule has 0 unspecified atom stereocenters. The van der Waals surface area contributed by atoms with Crippen molar-refractivity contribution in [1.82, 2.24) is 0 Å². The number of rotatable bonds is 2. The van der Waals surface area contributed by atoms with Crippen LogP contribution in [0.25, 0.3) is 0 Å². The molecule has 1 aliphatic carbocycles. The summed E-state index contributed by atoms with van der Waals surface area (Å²) in [5, 5.41) is 11.3. The highest BCUT2D eigenvalue weighted by atomic mass is 35.5. The summed E-state index contributed by atoms with van der Waals surface area (Å²) in [6, 6.07) is 7.81. The van der Waals surface area contributed by atoms with Crippen molar-refractivity contribution in [3.05, 3.63) is 49.8 Å². The van der Waals surface area contributed by atoms with Crippen molar-refractivity contribution in [2.45, 2.75) is 32.6 Å². The number of hydrogen-bond donors (Lipinski definition) is 0. The Hall–Kier alpha value is -1.34. The lowest BCUT2D eigenvalue weighted by molar-refractivity contribution is 0.696. The smallest absolute Gasteiger partial charge is 0.134 e. The molecular weight excluding hydrogens is 335 g/mol. The fourth-order valence-electron chi connectivity index (χ4n) is 2.68. The highest BCUT2D eigenvalue weighted by molar-refractivity contribution is 7.16. The van der Waals surface area contributed by atoms with Crippen molar-refractivity contribution >= 4 is 45.3 Å². The van der Waals surface area contributed by atoms with Gasteiger partial charge in [0.1, 0.15) is 11.1 Å². The van der Waals surface area contributed by atoms with Gasteiger partial charge in [-0.1, -0.05) is 29.3 Å². The molecule has 0 saturated heterocycles. The van der Waals surface area contributed by atoms with Crippen LogP contribution in [0.4, 0.5) is 5.00 Å². The minimum absolute atomic E-state index is 0.514. The van der Waals surface area contributed by atoms with Crippen molar-refractivity contribution in [1.29, 1.82) is 5.26 Å². The molecule has 0 aliphatic heterocycles. The highest BCUT2D eigenvalue weighted by Crippen LogP contribution is 2.39. The third-order valence-electron chi connectivity index (χ3n) is 3.87. The lowest BCUT2D eigenvalue weighted by Crippen LogP contribution is -1.99. The van der Waals surface area contributed by atoms with E-state index >= 15 is 0 Å². The van der Waals surface area contributed by atoms with Gasteiger partial charge in [-0.15, -0.1) is 11.3 Å². The topological polar surface area (TPSA) is 36.1 Å². The fourth-order valence-corrected chi connectivity index (χ4v) is 4.24. The molecule has 1 aromatic carbocycles. The Morgan fingerprint density at radius 1 is 1.23 bits per heavy atom. The number of hydrogen-bond acceptors (Lipinski definition) is 3. The Balaban J connectivity index is 2.02. The van der Waals surface area contributed by atoms with E-state index in [0.717, 1.165) is 41.1 Å². The summed E-state index contributed by atoms with van der Waals surface area (Å²) in [6.45, 7) is 1.93. The van der Waals surface area contributed by atoms with E-state index in [4.69, 9.17) is 23.2 Å². The highest BCUT2D eigenvalue weighted by Gasteiger charge is 2.20. The van der Waals surface area contributed by atoms with Crippen LogP contribution in [0.2, 0.25) is 10.0 Å². The van der Waals surface area contributed by atoms with E-state index in [1.54, 1.807) is 17.4 Å². The van der Waals surface area contributed by atoms with Crippen molar-refractivity contribution in [2.24, 2.45) is 4.99 Å². The van der Waals surface area contributed by atoms with Gasteiger partial charge >= 0.3 is 0 Å². The fraction of sp³-hybridized carbons (Fsp3) is 0.294.